The molecule has 1 atom stereocenters. The first-order valence-corrected chi connectivity index (χ1v) is 12.8. The second-order valence-electron chi connectivity index (χ2n) is 9.25. The van der Waals surface area contributed by atoms with Crippen LogP contribution in [0.15, 0.2) is 42.5 Å². The number of benzene rings is 2. The highest BCUT2D eigenvalue weighted by molar-refractivity contribution is 6.32. The Labute approximate surface area is 208 Å². The second kappa shape index (κ2) is 12.8. The van der Waals surface area contributed by atoms with E-state index in [9.17, 15) is 9.59 Å². The van der Waals surface area contributed by atoms with Crippen LogP contribution >= 0.6 is 11.6 Å². The van der Waals surface area contributed by atoms with Crippen LogP contribution in [0.1, 0.15) is 62.1 Å². The number of nitrogens with zero attached hydrogens (tertiary/aromatic N) is 1. The van der Waals surface area contributed by atoms with Crippen LogP contribution in [0.3, 0.4) is 0 Å². The van der Waals surface area contributed by atoms with Crippen molar-refractivity contribution in [1.82, 2.24) is 10.2 Å². The molecule has 1 N–H and O–H groups in total. The first-order chi connectivity index (χ1) is 16.4. The van der Waals surface area contributed by atoms with E-state index in [2.05, 4.69) is 5.32 Å². The van der Waals surface area contributed by atoms with E-state index in [-0.39, 0.29) is 24.5 Å². The Kier molecular flexibility index (Phi) is 9.82. The molecule has 0 spiro atoms. The molecule has 3 rings (SSSR count). The van der Waals surface area contributed by atoms with Gasteiger partial charge in [0.25, 0.3) is 5.91 Å². The molecule has 0 saturated heterocycles. The lowest BCUT2D eigenvalue weighted by Crippen LogP contribution is -2.53. The van der Waals surface area contributed by atoms with E-state index < -0.39 is 6.04 Å². The summed E-state index contributed by atoms with van der Waals surface area (Å²) in [5.74, 6) is 0.358. The number of rotatable bonds is 10. The van der Waals surface area contributed by atoms with E-state index in [0.717, 1.165) is 42.4 Å². The summed E-state index contributed by atoms with van der Waals surface area (Å²) in [6.07, 6.45) is 6.78. The zero-order valence-corrected chi connectivity index (χ0v) is 21.4. The fourth-order valence-electron chi connectivity index (χ4n) is 4.66. The molecule has 1 aliphatic rings. The molecule has 0 bridgehead atoms. The molecule has 34 heavy (non-hydrogen) atoms. The van der Waals surface area contributed by atoms with Gasteiger partial charge in [-0.25, -0.2) is 0 Å². The van der Waals surface area contributed by atoms with Crippen LogP contribution in [0.25, 0.3) is 0 Å². The SMILES string of the molecule is CCC(C(=O)NC1CCCCC1)N(CCc1ccccc1)C(=O)COc1cc(C)c(Cl)c(C)c1. The summed E-state index contributed by atoms with van der Waals surface area (Å²) in [5, 5.41) is 3.91. The van der Waals surface area contributed by atoms with Gasteiger partial charge in [-0.15, -0.1) is 0 Å². The van der Waals surface area contributed by atoms with Crippen molar-refractivity contribution in [2.75, 3.05) is 13.2 Å². The van der Waals surface area contributed by atoms with Gasteiger partial charge in [-0.2, -0.15) is 0 Å². The summed E-state index contributed by atoms with van der Waals surface area (Å²) < 4.78 is 5.86. The molecule has 5 nitrogen and oxygen atoms in total. The van der Waals surface area contributed by atoms with Crippen LogP contribution in [0.4, 0.5) is 0 Å². The van der Waals surface area contributed by atoms with Crippen molar-refractivity contribution < 1.29 is 14.3 Å². The molecule has 2 aromatic carbocycles. The smallest absolute Gasteiger partial charge is 0.261 e. The monoisotopic (exact) mass is 484 g/mol. The highest BCUT2D eigenvalue weighted by Gasteiger charge is 2.30. The predicted octanol–water partition coefficient (Wildman–Crippen LogP) is 5.63. The molecule has 1 aliphatic carbocycles. The third-order valence-electron chi connectivity index (χ3n) is 6.59. The number of carbonyl (C=O) groups is 2. The topological polar surface area (TPSA) is 58.6 Å². The lowest BCUT2D eigenvalue weighted by atomic mass is 9.95. The molecule has 6 heteroatoms. The van der Waals surface area contributed by atoms with Crippen molar-refractivity contribution in [2.24, 2.45) is 0 Å². The van der Waals surface area contributed by atoms with Gasteiger partial charge >= 0.3 is 0 Å². The first kappa shape index (κ1) is 26.1. The summed E-state index contributed by atoms with van der Waals surface area (Å²) in [6.45, 7) is 6.13. The molecule has 2 amide bonds. The number of nitrogens with one attached hydrogen (secondary N) is 1. The third-order valence-corrected chi connectivity index (χ3v) is 7.19. The minimum absolute atomic E-state index is 0.0611. The predicted molar refractivity (Wildman–Crippen MR) is 137 cm³/mol. The Balaban J connectivity index is 1.72. The lowest BCUT2D eigenvalue weighted by Gasteiger charge is -2.32. The van der Waals surface area contributed by atoms with Crippen molar-refractivity contribution in [3.05, 3.63) is 64.2 Å². The van der Waals surface area contributed by atoms with E-state index in [1.165, 1.54) is 6.42 Å². The first-order valence-electron chi connectivity index (χ1n) is 12.4. The number of amides is 2. The van der Waals surface area contributed by atoms with Gasteiger partial charge in [0.15, 0.2) is 6.61 Å². The van der Waals surface area contributed by atoms with Crippen LogP contribution in [0, 0.1) is 13.8 Å². The second-order valence-corrected chi connectivity index (χ2v) is 9.63. The zero-order chi connectivity index (χ0) is 24.5. The Morgan fingerprint density at radius 3 is 2.35 bits per heavy atom. The average molecular weight is 485 g/mol. The largest absolute Gasteiger partial charge is 0.484 e. The van der Waals surface area contributed by atoms with Gasteiger partial charge in [-0.05, 0) is 68.4 Å². The average Bonchev–Trinajstić information content (AvgIpc) is 2.84. The summed E-state index contributed by atoms with van der Waals surface area (Å²) >= 11 is 6.26. The Morgan fingerprint density at radius 1 is 1.09 bits per heavy atom. The van der Waals surface area contributed by atoms with Gasteiger partial charge in [0.05, 0.1) is 0 Å². The van der Waals surface area contributed by atoms with Crippen molar-refractivity contribution in [1.29, 1.82) is 0 Å². The summed E-state index contributed by atoms with van der Waals surface area (Å²) in [6, 6.07) is 13.4. The molecule has 2 aromatic rings. The standard InChI is InChI=1S/C28H37ClN2O3/c1-4-25(28(33)30-23-13-9-6-10-14-23)31(16-15-22-11-7-5-8-12-22)26(32)19-34-24-17-20(2)27(29)21(3)18-24/h5,7-8,11-12,17-18,23,25H,4,6,9-10,13-16,19H2,1-3H3,(H,30,33). The van der Waals surface area contributed by atoms with Gasteiger partial charge in [-0.3, -0.25) is 9.59 Å². The normalized spacial score (nSPS) is 14.9. The number of hydrogen-bond acceptors (Lipinski definition) is 3. The van der Waals surface area contributed by atoms with E-state index in [4.69, 9.17) is 16.3 Å². The van der Waals surface area contributed by atoms with Crippen molar-refractivity contribution in [2.45, 2.75) is 77.8 Å². The lowest BCUT2D eigenvalue weighted by molar-refractivity contribution is -0.142. The zero-order valence-electron chi connectivity index (χ0n) is 20.6. The van der Waals surface area contributed by atoms with E-state index >= 15 is 0 Å². The highest BCUT2D eigenvalue weighted by atomic mass is 35.5. The number of halogens is 1. The van der Waals surface area contributed by atoms with Gasteiger partial charge in [0.2, 0.25) is 5.91 Å². The van der Waals surface area contributed by atoms with Gasteiger partial charge in [0.1, 0.15) is 11.8 Å². The Bertz CT molecular complexity index is 934. The number of carbonyl (C=O) groups excluding carboxylic acids is 2. The van der Waals surface area contributed by atoms with Gasteiger partial charge in [0, 0.05) is 17.6 Å². The maximum Gasteiger partial charge on any atom is 0.261 e. The van der Waals surface area contributed by atoms with Crippen molar-refractivity contribution in [3.8, 4) is 5.75 Å². The molecule has 184 valence electrons. The van der Waals surface area contributed by atoms with E-state index in [1.54, 1.807) is 4.90 Å². The number of aryl methyl sites for hydroxylation is 2. The van der Waals surface area contributed by atoms with E-state index in [1.807, 2.05) is 63.2 Å². The van der Waals surface area contributed by atoms with E-state index in [0.29, 0.717) is 30.2 Å². The van der Waals surface area contributed by atoms with Crippen LogP contribution in [0.5, 0.6) is 5.75 Å². The van der Waals surface area contributed by atoms with Crippen LogP contribution < -0.4 is 10.1 Å². The summed E-state index contributed by atoms with van der Waals surface area (Å²) in [4.78, 5) is 28.3. The minimum atomic E-state index is -0.518. The fraction of sp³-hybridized carbons (Fsp3) is 0.500. The molecule has 1 unspecified atom stereocenters. The van der Waals surface area contributed by atoms with Crippen LogP contribution in [-0.2, 0) is 16.0 Å². The maximum absolute atomic E-state index is 13.4. The minimum Gasteiger partial charge on any atom is -0.484 e. The molecule has 0 aromatic heterocycles. The number of hydrogen-bond donors (Lipinski definition) is 1. The third kappa shape index (κ3) is 7.23. The molecule has 0 aliphatic heterocycles. The maximum atomic E-state index is 13.4. The quantitative estimate of drug-likeness (QED) is 0.475. The summed E-state index contributed by atoms with van der Waals surface area (Å²) in [5.41, 5.74) is 2.94. The highest BCUT2D eigenvalue weighted by Crippen LogP contribution is 2.26. The van der Waals surface area contributed by atoms with Crippen LogP contribution in [0.2, 0.25) is 5.02 Å². The Hall–Kier alpha value is -2.53. The molecule has 0 radical (unpaired) electrons. The fourth-order valence-corrected chi connectivity index (χ4v) is 4.77. The molecule has 0 heterocycles. The molecular formula is C28H37ClN2O3. The van der Waals surface area contributed by atoms with Crippen molar-refractivity contribution >= 4 is 23.4 Å². The molecular weight excluding hydrogens is 448 g/mol. The number of ether oxygens (including phenoxy) is 1. The summed E-state index contributed by atoms with van der Waals surface area (Å²) in [7, 11) is 0. The van der Waals surface area contributed by atoms with Gasteiger partial charge < -0.3 is 15.0 Å². The Morgan fingerprint density at radius 2 is 1.74 bits per heavy atom. The van der Waals surface area contributed by atoms with Gasteiger partial charge in [-0.1, -0.05) is 68.1 Å². The van der Waals surface area contributed by atoms with Crippen LogP contribution in [-0.4, -0.2) is 41.9 Å². The van der Waals surface area contributed by atoms with Crippen molar-refractivity contribution in [3.63, 3.8) is 0 Å². The molecule has 1 fully saturated rings. The molecule has 1 saturated carbocycles.